The van der Waals surface area contributed by atoms with Crippen LogP contribution >= 0.6 is 0 Å². The molecule has 1 aliphatic carbocycles. The van der Waals surface area contributed by atoms with Crippen LogP contribution in [0, 0.1) is 0 Å². The number of morpholine rings is 1. The summed E-state index contributed by atoms with van der Waals surface area (Å²) in [5.41, 5.74) is 0. The molecule has 0 aromatic carbocycles. The highest BCUT2D eigenvalue weighted by Gasteiger charge is 2.32. The number of aliphatic hydroxyl groups is 1. The molecule has 1 amide bonds. The van der Waals surface area contributed by atoms with Crippen molar-refractivity contribution in [2.45, 2.75) is 37.5 Å². The van der Waals surface area contributed by atoms with Gasteiger partial charge in [-0.05, 0) is 19.3 Å². The molecular formula is C13H24N2O4. The summed E-state index contributed by atoms with van der Waals surface area (Å²) in [6.07, 6.45) is 1.87. The van der Waals surface area contributed by atoms with Crippen molar-refractivity contribution >= 4 is 5.91 Å². The highest BCUT2D eigenvalue weighted by Crippen LogP contribution is 2.21. The highest BCUT2D eigenvalue weighted by atomic mass is 16.5. The molecule has 0 aromatic rings. The Kier molecular flexibility index (Phi) is 5.57. The van der Waals surface area contributed by atoms with Crippen molar-refractivity contribution in [3.05, 3.63) is 0 Å². The first kappa shape index (κ1) is 14.7. The number of nitrogens with one attached hydrogen (secondary N) is 1. The SMILES string of the molecule is CO[C@@H]1CCC[C@@H](NC(=O)CN2CCOCC2)[C@H]1O. The van der Waals surface area contributed by atoms with Crippen LogP contribution in [0.5, 0.6) is 0 Å². The minimum atomic E-state index is -0.604. The predicted molar refractivity (Wildman–Crippen MR) is 69.8 cm³/mol. The Hall–Kier alpha value is -0.690. The van der Waals surface area contributed by atoms with Crippen LogP contribution in [0.1, 0.15) is 19.3 Å². The lowest BCUT2D eigenvalue weighted by atomic mass is 9.90. The Morgan fingerprint density at radius 2 is 2.16 bits per heavy atom. The molecule has 110 valence electrons. The zero-order chi connectivity index (χ0) is 13.7. The van der Waals surface area contributed by atoms with Crippen molar-refractivity contribution in [2.24, 2.45) is 0 Å². The minimum absolute atomic E-state index is 0.0253. The quantitative estimate of drug-likeness (QED) is 0.712. The summed E-state index contributed by atoms with van der Waals surface area (Å²) >= 11 is 0. The smallest absolute Gasteiger partial charge is 0.234 e. The summed E-state index contributed by atoms with van der Waals surface area (Å²) in [7, 11) is 1.60. The van der Waals surface area contributed by atoms with E-state index in [1.807, 2.05) is 0 Å². The van der Waals surface area contributed by atoms with Crippen molar-refractivity contribution < 1.29 is 19.4 Å². The van der Waals surface area contributed by atoms with Crippen LogP contribution in [0.2, 0.25) is 0 Å². The van der Waals surface area contributed by atoms with Gasteiger partial charge in [-0.15, -0.1) is 0 Å². The van der Waals surface area contributed by atoms with Crippen LogP contribution in [0.4, 0.5) is 0 Å². The molecule has 1 saturated heterocycles. The van der Waals surface area contributed by atoms with Gasteiger partial charge in [-0.25, -0.2) is 0 Å². The Morgan fingerprint density at radius 1 is 1.42 bits per heavy atom. The Morgan fingerprint density at radius 3 is 2.84 bits per heavy atom. The predicted octanol–water partition coefficient (Wildman–Crippen LogP) is -0.637. The summed E-state index contributed by atoms with van der Waals surface area (Å²) in [4.78, 5) is 14.0. The molecule has 6 heteroatoms. The van der Waals surface area contributed by atoms with E-state index in [2.05, 4.69) is 10.2 Å². The highest BCUT2D eigenvalue weighted by molar-refractivity contribution is 5.78. The Balaban J connectivity index is 1.77. The molecule has 0 aromatic heterocycles. The average Bonchev–Trinajstić information content (AvgIpc) is 2.42. The largest absolute Gasteiger partial charge is 0.388 e. The second kappa shape index (κ2) is 7.19. The maximum Gasteiger partial charge on any atom is 0.234 e. The minimum Gasteiger partial charge on any atom is -0.388 e. The van der Waals surface area contributed by atoms with E-state index >= 15 is 0 Å². The molecule has 3 atom stereocenters. The van der Waals surface area contributed by atoms with Crippen LogP contribution in [-0.2, 0) is 14.3 Å². The third-order valence-corrected chi connectivity index (χ3v) is 3.92. The number of ether oxygens (including phenoxy) is 2. The first-order valence-corrected chi connectivity index (χ1v) is 7.01. The van der Waals surface area contributed by atoms with Crippen molar-refractivity contribution in [1.29, 1.82) is 0 Å². The number of aliphatic hydroxyl groups excluding tert-OH is 1. The number of hydrogen-bond acceptors (Lipinski definition) is 5. The Labute approximate surface area is 114 Å². The summed E-state index contributed by atoms with van der Waals surface area (Å²) < 4.78 is 10.5. The van der Waals surface area contributed by atoms with Gasteiger partial charge in [0.1, 0.15) is 6.10 Å². The number of rotatable bonds is 4. The van der Waals surface area contributed by atoms with E-state index in [1.54, 1.807) is 7.11 Å². The normalized spacial score (nSPS) is 33.1. The van der Waals surface area contributed by atoms with Gasteiger partial charge in [0, 0.05) is 20.2 Å². The van der Waals surface area contributed by atoms with Crippen LogP contribution in [-0.4, -0.2) is 74.1 Å². The van der Waals surface area contributed by atoms with Gasteiger partial charge in [0.15, 0.2) is 0 Å². The van der Waals surface area contributed by atoms with Crippen LogP contribution in [0.3, 0.4) is 0 Å². The van der Waals surface area contributed by atoms with Crippen molar-refractivity contribution in [2.75, 3.05) is 40.0 Å². The topological polar surface area (TPSA) is 71.0 Å². The van der Waals surface area contributed by atoms with E-state index in [0.29, 0.717) is 19.8 Å². The van der Waals surface area contributed by atoms with Gasteiger partial charge in [-0.3, -0.25) is 9.69 Å². The maximum atomic E-state index is 12.0. The molecule has 2 aliphatic rings. The van der Waals surface area contributed by atoms with Gasteiger partial charge >= 0.3 is 0 Å². The fraction of sp³-hybridized carbons (Fsp3) is 0.923. The lowest BCUT2D eigenvalue weighted by Crippen LogP contribution is -2.54. The Bertz CT molecular complexity index is 294. The zero-order valence-electron chi connectivity index (χ0n) is 11.5. The summed E-state index contributed by atoms with van der Waals surface area (Å²) in [5.74, 6) is -0.0253. The second-order valence-electron chi connectivity index (χ2n) is 5.26. The van der Waals surface area contributed by atoms with Gasteiger partial charge in [0.2, 0.25) is 5.91 Å². The van der Waals surface area contributed by atoms with Crippen molar-refractivity contribution in [3.63, 3.8) is 0 Å². The molecule has 1 saturated carbocycles. The second-order valence-corrected chi connectivity index (χ2v) is 5.26. The molecular weight excluding hydrogens is 248 g/mol. The van der Waals surface area contributed by atoms with Gasteiger partial charge < -0.3 is 19.9 Å². The molecule has 19 heavy (non-hydrogen) atoms. The molecule has 0 unspecified atom stereocenters. The number of amides is 1. The van der Waals surface area contributed by atoms with Gasteiger partial charge in [0.05, 0.1) is 31.9 Å². The number of nitrogens with zero attached hydrogens (tertiary/aromatic N) is 1. The maximum absolute atomic E-state index is 12.0. The molecule has 0 bridgehead atoms. The van der Waals surface area contributed by atoms with Gasteiger partial charge in [-0.1, -0.05) is 0 Å². The molecule has 2 N–H and O–H groups in total. The molecule has 0 radical (unpaired) electrons. The fourth-order valence-corrected chi connectivity index (χ4v) is 2.77. The van der Waals surface area contributed by atoms with Gasteiger partial charge in [-0.2, -0.15) is 0 Å². The average molecular weight is 272 g/mol. The van der Waals surface area contributed by atoms with E-state index in [-0.39, 0.29) is 18.1 Å². The fourth-order valence-electron chi connectivity index (χ4n) is 2.77. The van der Waals surface area contributed by atoms with Crippen molar-refractivity contribution in [1.82, 2.24) is 10.2 Å². The molecule has 2 rings (SSSR count). The van der Waals surface area contributed by atoms with Crippen LogP contribution in [0.25, 0.3) is 0 Å². The summed E-state index contributed by atoms with van der Waals surface area (Å²) in [5, 5.41) is 13.0. The number of hydrogen-bond donors (Lipinski definition) is 2. The third kappa shape index (κ3) is 4.14. The van der Waals surface area contributed by atoms with E-state index in [1.165, 1.54) is 0 Å². The zero-order valence-corrected chi connectivity index (χ0v) is 11.5. The first-order valence-electron chi connectivity index (χ1n) is 7.01. The molecule has 1 heterocycles. The van der Waals surface area contributed by atoms with E-state index in [9.17, 15) is 9.90 Å². The number of methoxy groups -OCH3 is 1. The molecule has 1 aliphatic heterocycles. The van der Waals surface area contributed by atoms with Gasteiger partial charge in [0.25, 0.3) is 0 Å². The monoisotopic (exact) mass is 272 g/mol. The van der Waals surface area contributed by atoms with E-state index in [0.717, 1.165) is 32.4 Å². The molecule has 2 fully saturated rings. The van der Waals surface area contributed by atoms with E-state index in [4.69, 9.17) is 9.47 Å². The third-order valence-electron chi connectivity index (χ3n) is 3.92. The summed E-state index contributed by atoms with van der Waals surface area (Å²) in [6, 6.07) is -0.188. The number of carbonyl (C=O) groups is 1. The standard InChI is InChI=1S/C13H24N2O4/c1-18-11-4-2-3-10(13(11)17)14-12(16)9-15-5-7-19-8-6-15/h10-11,13,17H,2-9H2,1H3,(H,14,16)/t10-,11-,13-/m1/s1. The lowest BCUT2D eigenvalue weighted by molar-refractivity contribution is -0.127. The molecule has 6 nitrogen and oxygen atoms in total. The first-order chi connectivity index (χ1) is 9.20. The van der Waals surface area contributed by atoms with E-state index < -0.39 is 6.10 Å². The summed E-state index contributed by atoms with van der Waals surface area (Å²) in [6.45, 7) is 3.34. The lowest BCUT2D eigenvalue weighted by Gasteiger charge is -2.35. The van der Waals surface area contributed by atoms with Crippen LogP contribution < -0.4 is 5.32 Å². The molecule has 0 spiro atoms. The van der Waals surface area contributed by atoms with Crippen LogP contribution in [0.15, 0.2) is 0 Å². The number of carbonyl (C=O) groups excluding carboxylic acids is 1. The van der Waals surface area contributed by atoms with Crippen molar-refractivity contribution in [3.8, 4) is 0 Å².